The van der Waals surface area contributed by atoms with E-state index in [0.717, 1.165) is 59.2 Å². The van der Waals surface area contributed by atoms with E-state index in [1.807, 2.05) is 48.9 Å². The van der Waals surface area contributed by atoms with E-state index in [1.165, 1.54) is 31.3 Å². The lowest BCUT2D eigenvalue weighted by atomic mass is 9.47. The minimum absolute atomic E-state index is 0.0823. The summed E-state index contributed by atoms with van der Waals surface area (Å²) in [6, 6.07) is 28.8. The second-order valence-electron chi connectivity index (χ2n) is 14.8. The second kappa shape index (κ2) is 14.8. The quantitative estimate of drug-likeness (QED) is 0.211. The number of hydrogen-bond donors (Lipinski definition) is 2. The van der Waals surface area contributed by atoms with Gasteiger partial charge in [-0.2, -0.15) is 0 Å². The summed E-state index contributed by atoms with van der Waals surface area (Å²) in [5.41, 5.74) is 4.58. The van der Waals surface area contributed by atoms with Crippen LogP contribution in [0.15, 0.2) is 115 Å². The Morgan fingerprint density at radius 2 is 1.49 bits per heavy atom. The first-order chi connectivity index (χ1) is 23.7. The highest BCUT2D eigenvalue weighted by Gasteiger charge is 2.58. The molecule has 4 aromatic rings. The lowest BCUT2D eigenvalue weighted by Gasteiger charge is -2.57. The number of nitrogens with zero attached hydrogens (tertiary/aromatic N) is 2. The molecule has 1 aromatic heterocycles. The zero-order valence-corrected chi connectivity index (χ0v) is 29.9. The van der Waals surface area contributed by atoms with Crippen molar-refractivity contribution >= 4 is 17.4 Å². The predicted molar refractivity (Wildman–Crippen MR) is 197 cm³/mol. The number of hydrogen-bond acceptors (Lipinski definition) is 4. The zero-order chi connectivity index (χ0) is 34.6. The average Bonchev–Trinajstić information content (AvgIpc) is 3.76. The van der Waals surface area contributed by atoms with Crippen LogP contribution in [-0.2, 0) is 10.3 Å². The van der Waals surface area contributed by atoms with Crippen LogP contribution in [0.5, 0.6) is 0 Å². The fourth-order valence-corrected chi connectivity index (χ4v) is 10.3. The Kier molecular flexibility index (Phi) is 10.6. The number of carbonyl (C=O) groups excluding carboxylic acids is 1. The topological polar surface area (TPSA) is 75.3 Å². The maximum Gasteiger partial charge on any atom is 0.155 e. The molecule has 4 aliphatic rings. The van der Waals surface area contributed by atoms with Crippen molar-refractivity contribution in [1.29, 1.82) is 0 Å². The molecule has 0 spiro atoms. The summed E-state index contributed by atoms with van der Waals surface area (Å²) >= 11 is 6.69. The number of imidazole rings is 1. The van der Waals surface area contributed by atoms with E-state index in [-0.39, 0.29) is 23.5 Å². The van der Waals surface area contributed by atoms with Gasteiger partial charge in [0, 0.05) is 36.0 Å². The van der Waals surface area contributed by atoms with E-state index in [0.29, 0.717) is 11.7 Å². The van der Waals surface area contributed by atoms with E-state index in [4.69, 9.17) is 16.7 Å². The monoisotopic (exact) mass is 678 g/mol. The van der Waals surface area contributed by atoms with Gasteiger partial charge in [0.15, 0.2) is 5.78 Å². The number of rotatable bonds is 4. The Morgan fingerprint density at radius 3 is 2.10 bits per heavy atom. The molecule has 6 atom stereocenters. The largest absolute Gasteiger partial charge is 0.397 e. The van der Waals surface area contributed by atoms with Crippen molar-refractivity contribution in [3.63, 3.8) is 0 Å². The van der Waals surface area contributed by atoms with Crippen molar-refractivity contribution < 1.29 is 15.0 Å². The van der Waals surface area contributed by atoms with Gasteiger partial charge in [0.25, 0.3) is 0 Å². The number of benzene rings is 3. The molecule has 0 saturated heterocycles. The van der Waals surface area contributed by atoms with Gasteiger partial charge in [-0.05, 0) is 104 Å². The minimum Gasteiger partial charge on any atom is -0.397 e. The van der Waals surface area contributed by atoms with Crippen molar-refractivity contribution in [3.05, 3.63) is 137 Å². The van der Waals surface area contributed by atoms with Crippen LogP contribution in [0.1, 0.15) is 88.8 Å². The number of halogens is 1. The summed E-state index contributed by atoms with van der Waals surface area (Å²) in [7, 11) is 0. The first-order valence-corrected chi connectivity index (χ1v) is 18.4. The van der Waals surface area contributed by atoms with E-state index >= 15 is 0 Å². The standard InChI is InChI=1S/C22H17ClN2.C19H28O2.C2H6O/c23-21-14-8-7-13-20(21)22(25-16-15-24-17-25,18-9-3-1-4-10-18)19-11-5-2-6-12-19;1-18-9-7-13(20)11-12(18)3-4-14-15-5-6-17(21)19(15,2)10-8-16(14)18;1-2-3/h1-17H;11,14-17,21H,3-10H2,1-2H3;3H,2H2,1H3/t;14-,15-,16-,17-,18-,19-;/m.0./s1. The fraction of sp³-hybridized carbons (Fsp3) is 0.442. The van der Waals surface area contributed by atoms with E-state index in [9.17, 15) is 9.90 Å². The highest BCUT2D eigenvalue weighted by atomic mass is 35.5. The first-order valence-electron chi connectivity index (χ1n) is 18.1. The van der Waals surface area contributed by atoms with Gasteiger partial charge < -0.3 is 14.8 Å². The molecule has 4 aliphatic carbocycles. The molecule has 0 unspecified atom stereocenters. The van der Waals surface area contributed by atoms with Gasteiger partial charge in [0.1, 0.15) is 5.54 Å². The average molecular weight is 679 g/mol. The molecule has 0 aliphatic heterocycles. The maximum atomic E-state index is 11.8. The van der Waals surface area contributed by atoms with Crippen LogP contribution in [0.2, 0.25) is 5.02 Å². The lowest BCUT2D eigenvalue weighted by molar-refractivity contribution is -0.118. The molecule has 1 heterocycles. The molecule has 258 valence electrons. The second-order valence-corrected chi connectivity index (χ2v) is 15.2. The number of fused-ring (bicyclic) bond motifs is 5. The van der Waals surface area contributed by atoms with Crippen molar-refractivity contribution in [2.24, 2.45) is 28.6 Å². The Balaban J connectivity index is 0.000000159. The summed E-state index contributed by atoms with van der Waals surface area (Å²) in [5.74, 6) is 2.57. The van der Waals surface area contributed by atoms with Crippen LogP contribution in [0.4, 0.5) is 0 Å². The molecule has 49 heavy (non-hydrogen) atoms. The smallest absolute Gasteiger partial charge is 0.155 e. The number of aromatic nitrogens is 2. The number of carbonyl (C=O) groups is 1. The van der Waals surface area contributed by atoms with E-state index in [2.05, 4.69) is 78.0 Å². The highest BCUT2D eigenvalue weighted by molar-refractivity contribution is 6.31. The third-order valence-corrected chi connectivity index (χ3v) is 12.8. The van der Waals surface area contributed by atoms with E-state index < -0.39 is 5.54 Å². The molecule has 2 N–H and O–H groups in total. The third kappa shape index (κ3) is 6.35. The summed E-state index contributed by atoms with van der Waals surface area (Å²) in [5, 5.41) is 18.7. The third-order valence-electron chi connectivity index (χ3n) is 12.5. The van der Waals surface area contributed by atoms with Gasteiger partial charge >= 0.3 is 0 Å². The Bertz CT molecular complexity index is 1680. The van der Waals surface area contributed by atoms with Crippen molar-refractivity contribution in [2.75, 3.05) is 6.61 Å². The predicted octanol–water partition coefficient (Wildman–Crippen LogP) is 9.25. The van der Waals surface area contributed by atoms with Gasteiger partial charge in [0.05, 0.1) is 12.4 Å². The Morgan fingerprint density at radius 1 is 0.857 bits per heavy atom. The van der Waals surface area contributed by atoms with Gasteiger partial charge in [-0.25, -0.2) is 4.98 Å². The number of aliphatic hydroxyl groups excluding tert-OH is 2. The van der Waals surface area contributed by atoms with Crippen LogP contribution in [0, 0.1) is 28.6 Å². The maximum absolute atomic E-state index is 11.8. The SMILES string of the molecule is CCO.C[C@]12CC[C@H]3[C@@H](CCC4=CC(=O)CC[C@@]43C)[C@@H]1CC[C@@H]2O.Clc1ccccc1C(c1ccccc1)(c1ccccc1)n1ccnc1. The zero-order valence-electron chi connectivity index (χ0n) is 29.1. The fourth-order valence-electron chi connectivity index (χ4n) is 10.0. The van der Waals surface area contributed by atoms with Gasteiger partial charge in [-0.1, -0.05) is 110 Å². The van der Waals surface area contributed by atoms with Crippen LogP contribution in [-0.4, -0.2) is 38.3 Å². The molecular formula is C43H51ClN2O3. The summed E-state index contributed by atoms with van der Waals surface area (Å²) < 4.78 is 2.12. The van der Waals surface area contributed by atoms with Gasteiger partial charge in [0.2, 0.25) is 0 Å². The normalized spacial score (nSPS) is 28.8. The van der Waals surface area contributed by atoms with Crippen LogP contribution in [0.3, 0.4) is 0 Å². The van der Waals surface area contributed by atoms with Gasteiger partial charge in [-0.3, -0.25) is 4.79 Å². The number of aliphatic hydroxyl groups is 2. The molecule has 8 rings (SSSR count). The summed E-state index contributed by atoms with van der Waals surface area (Å²) in [6.45, 7) is 6.69. The molecule has 0 amide bonds. The van der Waals surface area contributed by atoms with Crippen molar-refractivity contribution in [2.45, 2.75) is 83.8 Å². The number of allylic oxidation sites excluding steroid dienone is 1. The molecule has 0 radical (unpaired) electrons. The summed E-state index contributed by atoms with van der Waals surface area (Å²) in [6.07, 6.45) is 16.3. The van der Waals surface area contributed by atoms with Crippen LogP contribution < -0.4 is 0 Å². The van der Waals surface area contributed by atoms with Crippen molar-refractivity contribution in [3.8, 4) is 0 Å². The van der Waals surface area contributed by atoms with Crippen LogP contribution >= 0.6 is 11.6 Å². The molecule has 3 saturated carbocycles. The molecule has 5 nitrogen and oxygen atoms in total. The molecule has 3 fully saturated rings. The van der Waals surface area contributed by atoms with Gasteiger partial charge in [-0.15, -0.1) is 0 Å². The minimum atomic E-state index is -0.586. The van der Waals surface area contributed by atoms with Crippen molar-refractivity contribution in [1.82, 2.24) is 9.55 Å². The Labute approximate surface area is 297 Å². The molecule has 0 bridgehead atoms. The first kappa shape index (κ1) is 35.3. The Hall–Kier alpha value is -3.51. The highest BCUT2D eigenvalue weighted by Crippen LogP contribution is 2.65. The summed E-state index contributed by atoms with van der Waals surface area (Å²) in [4.78, 5) is 16.1. The van der Waals surface area contributed by atoms with Crippen LogP contribution in [0.25, 0.3) is 0 Å². The number of ketones is 1. The molecular weight excluding hydrogens is 628 g/mol. The molecule has 6 heteroatoms. The van der Waals surface area contributed by atoms with E-state index in [1.54, 1.807) is 13.1 Å². The lowest BCUT2D eigenvalue weighted by Crippen LogP contribution is -2.51. The molecule has 3 aromatic carbocycles.